The second-order valence-corrected chi connectivity index (χ2v) is 11.3. The number of benzene rings is 2. The van der Waals surface area contributed by atoms with E-state index in [0.717, 1.165) is 33.3 Å². The van der Waals surface area contributed by atoms with E-state index in [-0.39, 0.29) is 23.9 Å². The summed E-state index contributed by atoms with van der Waals surface area (Å²) in [7, 11) is 0. The number of aryl methyl sites for hydroxylation is 2. The van der Waals surface area contributed by atoms with E-state index in [0.29, 0.717) is 25.2 Å². The minimum Gasteiger partial charge on any atom is -0.335 e. The van der Waals surface area contributed by atoms with E-state index in [9.17, 15) is 9.59 Å². The van der Waals surface area contributed by atoms with Crippen molar-refractivity contribution in [3.8, 4) is 16.4 Å². The Labute approximate surface area is 233 Å². The van der Waals surface area contributed by atoms with Crippen molar-refractivity contribution in [3.63, 3.8) is 0 Å². The van der Waals surface area contributed by atoms with Crippen LogP contribution < -0.4 is 5.32 Å². The first-order valence-electron chi connectivity index (χ1n) is 13.3. The molecule has 0 bridgehead atoms. The van der Waals surface area contributed by atoms with Gasteiger partial charge in [-0.25, -0.2) is 14.5 Å². The van der Waals surface area contributed by atoms with Crippen molar-refractivity contribution in [1.29, 1.82) is 0 Å². The maximum Gasteiger partial charge on any atom is 0.322 e. The second-order valence-electron chi connectivity index (χ2n) is 10.5. The molecular formula is C30H34N6O2S. The molecule has 1 atom stereocenters. The fraction of sp³-hybridized carbons (Fsp3) is 0.333. The maximum atomic E-state index is 13.7. The van der Waals surface area contributed by atoms with E-state index >= 15 is 0 Å². The Bertz CT molecular complexity index is 1470. The van der Waals surface area contributed by atoms with Gasteiger partial charge in [-0.3, -0.25) is 4.79 Å². The standard InChI is InChI=1S/C30H34N6O2S/c1-19(2)27-25(16-31-36(27)30-33-26(18-39-30)23-10-6-20(3)7-11-23)28(37)34-14-15-35(22(5)17-34)29(38)32-24-12-8-21(4)9-13-24/h6-13,16,18-19,22H,14-15,17H2,1-5H3,(H,32,38). The topological polar surface area (TPSA) is 83.4 Å². The molecule has 1 saturated heterocycles. The number of nitrogens with zero attached hydrogens (tertiary/aromatic N) is 5. The van der Waals surface area contributed by atoms with Crippen LogP contribution in [0.1, 0.15) is 53.9 Å². The zero-order valence-electron chi connectivity index (χ0n) is 23.0. The van der Waals surface area contributed by atoms with Gasteiger partial charge in [0.25, 0.3) is 5.91 Å². The number of anilines is 1. The molecule has 4 aromatic rings. The van der Waals surface area contributed by atoms with Gasteiger partial charge in [0.05, 0.1) is 23.1 Å². The first-order valence-corrected chi connectivity index (χ1v) is 14.1. The molecular weight excluding hydrogens is 508 g/mol. The van der Waals surface area contributed by atoms with E-state index in [1.807, 2.05) is 48.4 Å². The van der Waals surface area contributed by atoms with Gasteiger partial charge in [-0.1, -0.05) is 61.4 Å². The molecule has 0 radical (unpaired) electrons. The smallest absolute Gasteiger partial charge is 0.322 e. The molecule has 5 rings (SSSR count). The van der Waals surface area contributed by atoms with Crippen LogP contribution in [0, 0.1) is 13.8 Å². The van der Waals surface area contributed by atoms with Gasteiger partial charge in [0.15, 0.2) is 0 Å². The molecule has 1 fully saturated rings. The largest absolute Gasteiger partial charge is 0.335 e. The fourth-order valence-corrected chi connectivity index (χ4v) is 5.70. The molecule has 0 aliphatic carbocycles. The third-order valence-electron chi connectivity index (χ3n) is 7.08. The van der Waals surface area contributed by atoms with Crippen molar-refractivity contribution in [2.45, 2.75) is 46.6 Å². The van der Waals surface area contributed by atoms with Crippen molar-refractivity contribution < 1.29 is 9.59 Å². The van der Waals surface area contributed by atoms with Crippen molar-refractivity contribution in [2.24, 2.45) is 0 Å². The molecule has 3 amide bonds. The van der Waals surface area contributed by atoms with Crippen molar-refractivity contribution in [3.05, 3.63) is 82.5 Å². The number of aromatic nitrogens is 3. The number of thiazole rings is 1. The minimum absolute atomic E-state index is 0.0642. The van der Waals surface area contributed by atoms with Crippen molar-refractivity contribution in [1.82, 2.24) is 24.6 Å². The summed E-state index contributed by atoms with van der Waals surface area (Å²) >= 11 is 1.51. The monoisotopic (exact) mass is 542 g/mol. The van der Waals surface area contributed by atoms with Gasteiger partial charge in [-0.2, -0.15) is 5.10 Å². The van der Waals surface area contributed by atoms with Gasteiger partial charge >= 0.3 is 6.03 Å². The van der Waals surface area contributed by atoms with E-state index in [4.69, 9.17) is 4.98 Å². The van der Waals surface area contributed by atoms with E-state index in [1.54, 1.807) is 15.8 Å². The number of hydrogen-bond donors (Lipinski definition) is 1. The number of carbonyl (C=O) groups excluding carboxylic acids is 2. The van der Waals surface area contributed by atoms with Gasteiger partial charge < -0.3 is 15.1 Å². The Balaban J connectivity index is 1.31. The number of piperazine rings is 1. The van der Waals surface area contributed by atoms with E-state index in [1.165, 1.54) is 16.9 Å². The van der Waals surface area contributed by atoms with Crippen LogP contribution in [0.3, 0.4) is 0 Å². The number of hydrogen-bond acceptors (Lipinski definition) is 5. The lowest BCUT2D eigenvalue weighted by molar-refractivity contribution is 0.0590. The average Bonchev–Trinajstić information content (AvgIpc) is 3.58. The lowest BCUT2D eigenvalue weighted by Gasteiger charge is -2.39. The molecule has 0 spiro atoms. The minimum atomic E-state index is -0.151. The molecule has 39 heavy (non-hydrogen) atoms. The molecule has 1 unspecified atom stereocenters. The zero-order valence-corrected chi connectivity index (χ0v) is 23.8. The van der Waals surface area contributed by atoms with Gasteiger partial charge in [0, 0.05) is 42.3 Å². The van der Waals surface area contributed by atoms with Crippen LogP contribution in [0.5, 0.6) is 0 Å². The summed E-state index contributed by atoms with van der Waals surface area (Å²) in [6.45, 7) is 11.6. The van der Waals surface area contributed by atoms with Crippen molar-refractivity contribution >= 4 is 29.0 Å². The summed E-state index contributed by atoms with van der Waals surface area (Å²) in [5, 5.41) is 10.3. The third kappa shape index (κ3) is 5.59. The molecule has 0 saturated carbocycles. The van der Waals surface area contributed by atoms with Gasteiger partial charge in [0.2, 0.25) is 5.13 Å². The first kappa shape index (κ1) is 26.6. The van der Waals surface area contributed by atoms with Crippen LogP contribution in [0.25, 0.3) is 16.4 Å². The Morgan fingerprint density at radius 2 is 1.67 bits per heavy atom. The number of rotatable bonds is 5. The summed E-state index contributed by atoms with van der Waals surface area (Å²) in [5.74, 6) is 0.00267. The Morgan fingerprint density at radius 1 is 1.00 bits per heavy atom. The highest BCUT2D eigenvalue weighted by Crippen LogP contribution is 2.29. The van der Waals surface area contributed by atoms with Crippen LogP contribution in [0.4, 0.5) is 10.5 Å². The van der Waals surface area contributed by atoms with Crippen LogP contribution in [0.2, 0.25) is 0 Å². The zero-order chi connectivity index (χ0) is 27.7. The predicted octanol–water partition coefficient (Wildman–Crippen LogP) is 6.11. The molecule has 1 aliphatic heterocycles. The summed E-state index contributed by atoms with van der Waals surface area (Å²) in [5.41, 5.74) is 6.47. The Hall–Kier alpha value is -3.98. The quantitative estimate of drug-likeness (QED) is 0.330. The Kier molecular flexibility index (Phi) is 7.52. The normalized spacial score (nSPS) is 15.6. The highest BCUT2D eigenvalue weighted by Gasteiger charge is 2.33. The van der Waals surface area contributed by atoms with Crippen LogP contribution >= 0.6 is 11.3 Å². The fourth-order valence-electron chi connectivity index (χ4n) is 4.90. The summed E-state index contributed by atoms with van der Waals surface area (Å²) < 4.78 is 1.80. The Morgan fingerprint density at radius 3 is 2.31 bits per heavy atom. The lowest BCUT2D eigenvalue weighted by atomic mass is 10.0. The second kappa shape index (κ2) is 11.0. The molecule has 8 nitrogen and oxygen atoms in total. The molecule has 2 aromatic carbocycles. The molecule has 9 heteroatoms. The molecule has 1 aliphatic rings. The number of nitrogens with one attached hydrogen (secondary N) is 1. The SMILES string of the molecule is Cc1ccc(NC(=O)N2CCN(C(=O)c3cnn(-c4nc(-c5ccc(C)cc5)cs4)c3C(C)C)CC2C)cc1. The van der Waals surface area contributed by atoms with Gasteiger partial charge in [-0.15, -0.1) is 11.3 Å². The maximum absolute atomic E-state index is 13.7. The van der Waals surface area contributed by atoms with Crippen LogP contribution in [-0.4, -0.2) is 62.2 Å². The first-order chi connectivity index (χ1) is 18.7. The number of amides is 3. The van der Waals surface area contributed by atoms with E-state index < -0.39 is 0 Å². The highest BCUT2D eigenvalue weighted by atomic mass is 32.1. The number of urea groups is 1. The molecule has 2 aromatic heterocycles. The van der Waals surface area contributed by atoms with Crippen LogP contribution in [0.15, 0.2) is 60.1 Å². The molecule has 3 heterocycles. The summed E-state index contributed by atoms with van der Waals surface area (Å²) in [4.78, 5) is 35.1. The van der Waals surface area contributed by atoms with Crippen molar-refractivity contribution in [2.75, 3.05) is 25.0 Å². The lowest BCUT2D eigenvalue weighted by Crippen LogP contribution is -2.56. The molecule has 202 valence electrons. The predicted molar refractivity (Wildman–Crippen MR) is 156 cm³/mol. The van der Waals surface area contributed by atoms with E-state index in [2.05, 4.69) is 55.5 Å². The molecule has 1 N–H and O–H groups in total. The van der Waals surface area contributed by atoms with Gasteiger partial charge in [0.1, 0.15) is 0 Å². The summed E-state index contributed by atoms with van der Waals surface area (Å²) in [6.07, 6.45) is 1.66. The third-order valence-corrected chi connectivity index (χ3v) is 7.90. The summed E-state index contributed by atoms with van der Waals surface area (Å²) in [6, 6.07) is 15.7. The van der Waals surface area contributed by atoms with Gasteiger partial charge in [-0.05, 0) is 38.8 Å². The highest BCUT2D eigenvalue weighted by molar-refractivity contribution is 7.12. The number of carbonyl (C=O) groups is 2. The van der Waals surface area contributed by atoms with Crippen LogP contribution in [-0.2, 0) is 0 Å². The average molecular weight is 543 g/mol.